The minimum absolute atomic E-state index is 0.0325. The van der Waals surface area contributed by atoms with Crippen LogP contribution >= 0.6 is 0 Å². The van der Waals surface area contributed by atoms with E-state index in [0.717, 1.165) is 0 Å². The van der Waals surface area contributed by atoms with Crippen molar-refractivity contribution in [1.29, 1.82) is 0 Å². The van der Waals surface area contributed by atoms with Crippen molar-refractivity contribution < 1.29 is 92.3 Å². The maximum atomic E-state index is 14.6. The predicted molar refractivity (Wildman–Crippen MR) is 376 cm³/mol. The second-order valence-corrected chi connectivity index (χ2v) is 29.9. The highest BCUT2D eigenvalue weighted by Crippen LogP contribution is 2.27. The highest BCUT2D eigenvalue weighted by molar-refractivity contribution is 6.00. The topological polar surface area (TPSA) is 501 Å². The normalized spacial score (nSPS) is 15.3. The molecular formula is C72H125N9O19. The summed E-state index contributed by atoms with van der Waals surface area (Å²) in [7, 11) is 0. The van der Waals surface area contributed by atoms with Crippen LogP contribution < -0.4 is 49.5 Å². The van der Waals surface area contributed by atoms with Gasteiger partial charge in [0.05, 0.1) is 61.4 Å². The van der Waals surface area contributed by atoms with Crippen LogP contribution in [0.15, 0.2) is 0 Å². The minimum atomic E-state index is -1.74. The van der Waals surface area contributed by atoms with Crippen LogP contribution in [0.4, 0.5) is 0 Å². The Morgan fingerprint density at radius 2 is 0.470 bits per heavy atom. The third-order valence-electron chi connectivity index (χ3n) is 17.4. The van der Waals surface area contributed by atoms with Crippen molar-refractivity contribution in [2.45, 2.75) is 273 Å². The fourth-order valence-corrected chi connectivity index (χ4v) is 12.4. The molecule has 0 aromatic heterocycles. The third kappa shape index (κ3) is 39.9. The standard InChI is InChI=1S/C72H125N9O19/c1-40(2)25-46(31-58(82)52(76)19-13-16-22-73)69(96)79-55(37-64(88)89)61(85)34-49(28-43(7)8)67(94)77-53(20-14-17-23-74)59(83)32-47(26-41(3)4)70(97)80-56(38-65(90)91)62(86)35-50(29-44(9)10)68(95)78-54(21-15-18-24-75)60(84)33-48(27-42(5)6)71(98)81-57(39-66(92)93)63(87)36-51(72(99)100)30-45(11)12/h40-57H,13-39,73-76H2,1-12H3,(H,77,94)(H,78,95)(H,79,96)(H,80,97)(H,81,98)(H,88,89)(H,90,91)(H,92,93)(H,99,100)/t46-,47-,48-,49-,50-,51-,52+,53+,54+,55+,56+,57+/m1/s1. The molecule has 0 spiro atoms. The molecule has 0 radical (unpaired) electrons. The number of hydrogen-bond donors (Lipinski definition) is 13. The summed E-state index contributed by atoms with van der Waals surface area (Å²) >= 11 is 0. The molecule has 100 heavy (non-hydrogen) atoms. The average Bonchev–Trinajstić information content (AvgIpc) is 0.854. The number of nitrogens with two attached hydrogens (primary N) is 4. The van der Waals surface area contributed by atoms with Gasteiger partial charge in [0.1, 0.15) is 5.78 Å². The Kier molecular flexibility index (Phi) is 46.2. The lowest BCUT2D eigenvalue weighted by Crippen LogP contribution is -2.50. The van der Waals surface area contributed by atoms with Gasteiger partial charge in [0.15, 0.2) is 28.9 Å². The lowest BCUT2D eigenvalue weighted by Gasteiger charge is -2.28. The van der Waals surface area contributed by atoms with Crippen molar-refractivity contribution in [3.63, 3.8) is 0 Å². The molecule has 0 aromatic carbocycles. The first kappa shape index (κ1) is 93.1. The van der Waals surface area contributed by atoms with Crippen molar-refractivity contribution >= 4 is 88.1 Å². The Morgan fingerprint density at radius 3 is 0.690 bits per heavy atom. The van der Waals surface area contributed by atoms with Gasteiger partial charge in [-0.2, -0.15) is 0 Å². The smallest absolute Gasteiger partial charge is 0.306 e. The number of carboxylic acids is 4. The Balaban J connectivity index is 7.12. The molecule has 0 aromatic rings. The number of carboxylic acid groups (broad SMARTS) is 4. The Morgan fingerprint density at radius 1 is 0.270 bits per heavy atom. The number of ketones is 6. The van der Waals surface area contributed by atoms with Crippen LogP contribution in [0.25, 0.3) is 0 Å². The van der Waals surface area contributed by atoms with E-state index < -0.39 is 205 Å². The van der Waals surface area contributed by atoms with Gasteiger partial charge in [-0.1, -0.05) is 89.5 Å². The van der Waals surface area contributed by atoms with Gasteiger partial charge in [-0.05, 0) is 145 Å². The maximum absolute atomic E-state index is 14.6. The van der Waals surface area contributed by atoms with Crippen LogP contribution in [0.1, 0.15) is 237 Å². The first-order valence-electron chi connectivity index (χ1n) is 36.1. The molecule has 0 aliphatic heterocycles. The SMILES string of the molecule is CC(C)C[C@H](CC(=O)[C@H](CC(=O)O)NC(=O)[C@@H](CC(=O)[C@H](CCCCN)NC(=O)[C@@H](CC(=O)[C@H](CC(=O)O)NC(=O)[C@@H](CC(=O)[C@H](CCCCN)NC(=O)[C@@H](CC(=O)[C@H](CC(=O)O)NC(=O)[C@@H](CC(=O)[C@@H](N)CCCCN)CC(C)C)CC(C)C)CC(C)C)CC(C)C)CC(C)C)C(=O)O. The molecule has 0 rings (SSSR count). The van der Waals surface area contributed by atoms with Crippen LogP contribution in [-0.2, 0) is 71.9 Å². The van der Waals surface area contributed by atoms with E-state index in [4.69, 9.17) is 22.9 Å². The van der Waals surface area contributed by atoms with Gasteiger partial charge >= 0.3 is 23.9 Å². The lowest BCUT2D eigenvalue weighted by molar-refractivity contribution is -0.145. The first-order chi connectivity index (χ1) is 46.7. The van der Waals surface area contributed by atoms with Crippen molar-refractivity contribution in [3.8, 4) is 0 Å². The molecule has 572 valence electrons. The lowest BCUT2D eigenvalue weighted by atomic mass is 9.86. The third-order valence-corrected chi connectivity index (χ3v) is 17.4. The van der Waals surface area contributed by atoms with Gasteiger partial charge in [-0.15, -0.1) is 0 Å². The van der Waals surface area contributed by atoms with Gasteiger partial charge in [0.25, 0.3) is 0 Å². The first-order valence-corrected chi connectivity index (χ1v) is 36.1. The minimum Gasteiger partial charge on any atom is -0.481 e. The summed E-state index contributed by atoms with van der Waals surface area (Å²) in [6, 6.07) is -8.35. The molecule has 0 saturated heterocycles. The molecule has 5 amide bonds. The number of carbonyl (C=O) groups excluding carboxylic acids is 11. The van der Waals surface area contributed by atoms with Crippen LogP contribution in [-0.4, -0.2) is 164 Å². The second kappa shape index (κ2) is 49.6. The second-order valence-electron chi connectivity index (χ2n) is 29.9. The molecule has 0 saturated carbocycles. The van der Waals surface area contributed by atoms with E-state index in [1.165, 1.54) is 0 Å². The molecule has 28 nitrogen and oxygen atoms in total. The Labute approximate surface area is 591 Å². The number of carbonyl (C=O) groups is 15. The van der Waals surface area contributed by atoms with Crippen molar-refractivity contribution in [3.05, 3.63) is 0 Å². The molecule has 0 fully saturated rings. The highest BCUT2D eigenvalue weighted by atomic mass is 16.4. The summed E-state index contributed by atoms with van der Waals surface area (Å²) in [5.41, 5.74) is 23.4. The summed E-state index contributed by atoms with van der Waals surface area (Å²) < 4.78 is 0. The number of Topliss-reactive ketones (excluding diaryl/α,β-unsaturated/α-hetero) is 6. The van der Waals surface area contributed by atoms with E-state index in [1.54, 1.807) is 69.2 Å². The van der Waals surface area contributed by atoms with Gasteiger partial charge in [0.2, 0.25) is 29.5 Å². The monoisotopic (exact) mass is 1420 g/mol. The summed E-state index contributed by atoms with van der Waals surface area (Å²) in [5.74, 6) is -21.7. The zero-order valence-corrected chi connectivity index (χ0v) is 61.7. The van der Waals surface area contributed by atoms with Gasteiger partial charge < -0.3 is 69.9 Å². The number of unbranched alkanes of at least 4 members (excludes halogenated alkanes) is 3. The van der Waals surface area contributed by atoms with Crippen LogP contribution in [0.3, 0.4) is 0 Å². The van der Waals surface area contributed by atoms with Gasteiger partial charge in [0, 0.05) is 68.1 Å². The maximum Gasteiger partial charge on any atom is 0.306 e. The number of amides is 5. The molecular weight excluding hydrogens is 1290 g/mol. The van der Waals surface area contributed by atoms with E-state index in [-0.39, 0.29) is 112 Å². The number of aliphatic carboxylic acids is 4. The van der Waals surface area contributed by atoms with Crippen molar-refractivity contribution in [2.24, 2.45) is 93.9 Å². The zero-order chi connectivity index (χ0) is 76.7. The van der Waals surface area contributed by atoms with Gasteiger partial charge in [-0.3, -0.25) is 71.9 Å². The average molecular weight is 1420 g/mol. The Bertz CT molecular complexity index is 2660. The van der Waals surface area contributed by atoms with Gasteiger partial charge in [-0.25, -0.2) is 0 Å². The quantitative estimate of drug-likeness (QED) is 0.0341. The van der Waals surface area contributed by atoms with Crippen LogP contribution in [0.5, 0.6) is 0 Å². The largest absolute Gasteiger partial charge is 0.481 e. The molecule has 17 N–H and O–H groups in total. The highest BCUT2D eigenvalue weighted by Gasteiger charge is 2.39. The molecule has 28 heteroatoms. The zero-order valence-electron chi connectivity index (χ0n) is 61.7. The molecule has 0 heterocycles. The predicted octanol–water partition coefficient (Wildman–Crippen LogP) is 5.36. The number of hydrogen-bond acceptors (Lipinski definition) is 19. The van der Waals surface area contributed by atoms with E-state index in [9.17, 15) is 92.3 Å². The van der Waals surface area contributed by atoms with Crippen LogP contribution in [0, 0.1) is 71.0 Å². The summed E-state index contributed by atoms with van der Waals surface area (Å²) in [6.07, 6.45) is -1.94. The molecule has 12 atom stereocenters. The van der Waals surface area contributed by atoms with E-state index in [2.05, 4.69) is 26.6 Å². The fourth-order valence-electron chi connectivity index (χ4n) is 12.4. The van der Waals surface area contributed by atoms with Crippen LogP contribution in [0.2, 0.25) is 0 Å². The molecule has 0 aliphatic rings. The Hall–Kier alpha value is -6.91. The van der Waals surface area contributed by atoms with E-state index in [0.29, 0.717) is 51.5 Å². The van der Waals surface area contributed by atoms with E-state index in [1.807, 2.05) is 13.8 Å². The number of nitrogens with one attached hydrogen (secondary N) is 5. The van der Waals surface area contributed by atoms with Crippen molar-refractivity contribution in [1.82, 2.24) is 26.6 Å². The summed E-state index contributed by atoms with van der Waals surface area (Å²) in [4.78, 5) is 205. The summed E-state index contributed by atoms with van der Waals surface area (Å²) in [5, 5.41) is 52.7. The molecule has 0 aliphatic carbocycles. The summed E-state index contributed by atoms with van der Waals surface area (Å²) in [6.45, 7) is 22.2. The van der Waals surface area contributed by atoms with Crippen molar-refractivity contribution in [2.75, 3.05) is 19.6 Å². The van der Waals surface area contributed by atoms with E-state index >= 15 is 0 Å². The molecule has 0 unspecified atom stereocenters. The molecule has 0 bridgehead atoms. The fraction of sp³-hybridized carbons (Fsp3) is 0.792. The number of rotatable bonds is 59.